The molecule has 0 aromatic heterocycles. The van der Waals surface area contributed by atoms with Crippen molar-refractivity contribution in [2.75, 3.05) is 17.5 Å². The van der Waals surface area contributed by atoms with E-state index < -0.39 is 28.4 Å². The molecule has 0 aliphatic rings. The Balaban J connectivity index is 2.52. The molecule has 2 rings (SSSR count). The fourth-order valence-electron chi connectivity index (χ4n) is 2.03. The number of rotatable bonds is 6. The maximum atomic E-state index is 14.3. The van der Waals surface area contributed by atoms with Crippen molar-refractivity contribution in [2.24, 2.45) is 0 Å². The molecule has 0 saturated heterocycles. The number of carbonyl (C=O) groups excluding carboxylic acids is 1. The van der Waals surface area contributed by atoms with Gasteiger partial charge in [0, 0.05) is 4.47 Å². The van der Waals surface area contributed by atoms with Gasteiger partial charge in [0.25, 0.3) is 10.0 Å². The summed E-state index contributed by atoms with van der Waals surface area (Å²) in [6, 6.07) is 11.4. The molecule has 0 fully saturated rings. The fourth-order valence-corrected chi connectivity index (χ4v) is 3.80. The summed E-state index contributed by atoms with van der Waals surface area (Å²) in [5, 5.41) is 0. The van der Waals surface area contributed by atoms with Crippen LogP contribution in [-0.2, 0) is 19.6 Å². The first-order valence-electron chi connectivity index (χ1n) is 7.04. The molecule has 0 N–H and O–H groups in total. The summed E-state index contributed by atoms with van der Waals surface area (Å²) in [6.45, 7) is 1.08. The molecule has 0 heterocycles. The number of halogens is 2. The second-order valence-corrected chi connectivity index (χ2v) is 7.50. The summed E-state index contributed by atoms with van der Waals surface area (Å²) in [4.78, 5) is 11.8. The third kappa shape index (κ3) is 4.12. The van der Waals surface area contributed by atoms with E-state index in [9.17, 15) is 17.6 Å². The van der Waals surface area contributed by atoms with E-state index >= 15 is 0 Å². The lowest BCUT2D eigenvalue weighted by molar-refractivity contribution is -0.141. The molecule has 128 valence electrons. The number of benzene rings is 2. The van der Waals surface area contributed by atoms with Crippen LogP contribution in [0.25, 0.3) is 0 Å². The molecule has 0 unspecified atom stereocenters. The van der Waals surface area contributed by atoms with Crippen molar-refractivity contribution < 1.29 is 22.3 Å². The van der Waals surface area contributed by atoms with Gasteiger partial charge in [-0.05, 0) is 37.3 Å². The van der Waals surface area contributed by atoms with Gasteiger partial charge in [-0.2, -0.15) is 0 Å². The molecule has 0 amide bonds. The summed E-state index contributed by atoms with van der Waals surface area (Å²) in [5.74, 6) is -1.53. The summed E-state index contributed by atoms with van der Waals surface area (Å²) in [6.07, 6.45) is 0. The third-order valence-electron chi connectivity index (χ3n) is 3.09. The summed E-state index contributed by atoms with van der Waals surface area (Å²) < 4.78 is 46.0. The predicted molar refractivity (Wildman–Crippen MR) is 91.7 cm³/mol. The lowest BCUT2D eigenvalue weighted by Gasteiger charge is -2.24. The van der Waals surface area contributed by atoms with E-state index in [1.807, 2.05) is 0 Å². The van der Waals surface area contributed by atoms with Crippen molar-refractivity contribution in [2.45, 2.75) is 11.8 Å². The second kappa shape index (κ2) is 7.76. The van der Waals surface area contributed by atoms with Crippen molar-refractivity contribution in [3.05, 3.63) is 58.8 Å². The van der Waals surface area contributed by atoms with Crippen molar-refractivity contribution in [3.8, 4) is 0 Å². The van der Waals surface area contributed by atoms with Crippen LogP contribution in [-0.4, -0.2) is 27.5 Å². The van der Waals surface area contributed by atoms with Crippen LogP contribution in [0.3, 0.4) is 0 Å². The molecule has 0 saturated carbocycles. The monoisotopic (exact) mass is 415 g/mol. The average molecular weight is 416 g/mol. The highest BCUT2D eigenvalue weighted by Gasteiger charge is 2.29. The molecular formula is C16H15BrFNO4S. The standard InChI is InChI=1S/C16H15BrFNO4S/c1-2-23-16(20)11-19(15-9-8-12(17)10-14(15)18)24(21,22)13-6-4-3-5-7-13/h3-10H,2,11H2,1H3. The molecule has 8 heteroatoms. The molecule has 0 spiro atoms. The lowest BCUT2D eigenvalue weighted by atomic mass is 10.3. The van der Waals surface area contributed by atoms with Gasteiger partial charge in [-0.3, -0.25) is 9.10 Å². The first kappa shape index (κ1) is 18.4. The Labute approximate surface area is 148 Å². The molecule has 2 aromatic rings. The minimum Gasteiger partial charge on any atom is -0.465 e. The fraction of sp³-hybridized carbons (Fsp3) is 0.188. The van der Waals surface area contributed by atoms with Gasteiger partial charge in [-0.1, -0.05) is 34.1 Å². The van der Waals surface area contributed by atoms with Crippen LogP contribution in [0.1, 0.15) is 6.92 Å². The number of hydrogen-bond donors (Lipinski definition) is 0. The van der Waals surface area contributed by atoms with E-state index in [0.717, 1.165) is 6.07 Å². The number of hydrogen-bond acceptors (Lipinski definition) is 4. The molecular weight excluding hydrogens is 401 g/mol. The Morgan fingerprint density at radius 3 is 2.46 bits per heavy atom. The van der Waals surface area contributed by atoms with E-state index in [-0.39, 0.29) is 17.2 Å². The number of sulfonamides is 1. The SMILES string of the molecule is CCOC(=O)CN(c1ccc(Br)cc1F)S(=O)(=O)c1ccccc1. The van der Waals surface area contributed by atoms with Crippen LogP contribution in [0.4, 0.5) is 10.1 Å². The summed E-state index contributed by atoms with van der Waals surface area (Å²) in [5.41, 5.74) is -0.227. The Bertz CT molecular complexity index is 827. The first-order valence-corrected chi connectivity index (χ1v) is 9.28. The van der Waals surface area contributed by atoms with Crippen LogP contribution >= 0.6 is 15.9 Å². The van der Waals surface area contributed by atoms with Crippen molar-refractivity contribution >= 4 is 37.6 Å². The van der Waals surface area contributed by atoms with E-state index in [1.54, 1.807) is 25.1 Å². The minimum absolute atomic E-state index is 0.0448. The molecule has 0 aliphatic carbocycles. The maximum Gasteiger partial charge on any atom is 0.326 e. The van der Waals surface area contributed by atoms with E-state index in [4.69, 9.17) is 4.74 Å². The number of esters is 1. The molecule has 0 bridgehead atoms. The van der Waals surface area contributed by atoms with Gasteiger partial charge >= 0.3 is 5.97 Å². The highest BCUT2D eigenvalue weighted by molar-refractivity contribution is 9.10. The highest BCUT2D eigenvalue weighted by Crippen LogP contribution is 2.28. The smallest absolute Gasteiger partial charge is 0.326 e. The van der Waals surface area contributed by atoms with Crippen molar-refractivity contribution in [1.29, 1.82) is 0 Å². The normalized spacial score (nSPS) is 11.1. The molecule has 5 nitrogen and oxygen atoms in total. The van der Waals surface area contributed by atoms with Crippen molar-refractivity contribution in [1.82, 2.24) is 0 Å². The second-order valence-electron chi connectivity index (χ2n) is 4.73. The Kier molecular flexibility index (Phi) is 5.95. The van der Waals surface area contributed by atoms with Crippen molar-refractivity contribution in [3.63, 3.8) is 0 Å². The zero-order valence-corrected chi connectivity index (χ0v) is 15.2. The summed E-state index contributed by atoms with van der Waals surface area (Å²) in [7, 11) is -4.13. The Morgan fingerprint density at radius 1 is 1.21 bits per heavy atom. The van der Waals surface area contributed by atoms with Gasteiger partial charge in [0.15, 0.2) is 0 Å². The number of carbonyl (C=O) groups is 1. The number of anilines is 1. The highest BCUT2D eigenvalue weighted by atomic mass is 79.9. The van der Waals surface area contributed by atoms with E-state index in [2.05, 4.69) is 15.9 Å². The van der Waals surface area contributed by atoms with Gasteiger partial charge < -0.3 is 4.74 Å². The Morgan fingerprint density at radius 2 is 1.88 bits per heavy atom. The summed E-state index contributed by atoms with van der Waals surface area (Å²) >= 11 is 3.12. The number of ether oxygens (including phenoxy) is 1. The van der Waals surface area contributed by atoms with Gasteiger partial charge in [-0.15, -0.1) is 0 Å². The van der Waals surface area contributed by atoms with E-state index in [1.165, 1.54) is 24.3 Å². The lowest BCUT2D eigenvalue weighted by Crippen LogP contribution is -2.37. The van der Waals surface area contributed by atoms with Crippen LogP contribution < -0.4 is 4.31 Å². The molecule has 2 aromatic carbocycles. The van der Waals surface area contributed by atoms with Gasteiger partial charge in [0.2, 0.25) is 0 Å². The third-order valence-corrected chi connectivity index (χ3v) is 5.35. The van der Waals surface area contributed by atoms with Crippen LogP contribution in [0.2, 0.25) is 0 Å². The van der Waals surface area contributed by atoms with Gasteiger partial charge in [-0.25, -0.2) is 12.8 Å². The number of nitrogens with zero attached hydrogens (tertiary/aromatic N) is 1. The van der Waals surface area contributed by atoms with Crippen LogP contribution in [0.5, 0.6) is 0 Å². The molecule has 24 heavy (non-hydrogen) atoms. The molecule has 0 atom stereocenters. The first-order chi connectivity index (χ1) is 11.4. The predicted octanol–water partition coefficient (Wildman–Crippen LogP) is 3.35. The van der Waals surface area contributed by atoms with E-state index in [0.29, 0.717) is 8.78 Å². The van der Waals surface area contributed by atoms with Crippen LogP contribution in [0, 0.1) is 5.82 Å². The van der Waals surface area contributed by atoms with Gasteiger partial charge in [0.05, 0.1) is 17.2 Å². The Hall–Kier alpha value is -1.93. The molecule has 0 aliphatic heterocycles. The van der Waals surface area contributed by atoms with Crippen LogP contribution in [0.15, 0.2) is 57.9 Å². The maximum absolute atomic E-state index is 14.3. The van der Waals surface area contributed by atoms with Gasteiger partial charge in [0.1, 0.15) is 12.4 Å². The zero-order chi connectivity index (χ0) is 17.7. The average Bonchev–Trinajstić information content (AvgIpc) is 2.54. The largest absolute Gasteiger partial charge is 0.465 e. The topological polar surface area (TPSA) is 63.7 Å². The minimum atomic E-state index is -4.13. The quantitative estimate of drug-likeness (QED) is 0.678. The zero-order valence-electron chi connectivity index (χ0n) is 12.8. The molecule has 0 radical (unpaired) electrons.